The summed E-state index contributed by atoms with van der Waals surface area (Å²) in [6.45, 7) is 7.17. The summed E-state index contributed by atoms with van der Waals surface area (Å²) in [7, 11) is 0. The second-order valence-electron chi connectivity index (χ2n) is 6.35. The van der Waals surface area contributed by atoms with E-state index in [0.717, 1.165) is 23.5 Å². The van der Waals surface area contributed by atoms with Crippen molar-refractivity contribution in [2.75, 3.05) is 13.1 Å². The van der Waals surface area contributed by atoms with Crippen LogP contribution in [0.15, 0.2) is 41.1 Å². The summed E-state index contributed by atoms with van der Waals surface area (Å²) in [6.07, 6.45) is 1.82. The third-order valence-electron chi connectivity index (χ3n) is 4.72. The number of halogens is 1. The Labute approximate surface area is 151 Å². The van der Waals surface area contributed by atoms with E-state index in [0.29, 0.717) is 19.0 Å². The summed E-state index contributed by atoms with van der Waals surface area (Å²) in [5, 5.41) is 3.09. The topological polar surface area (TPSA) is 50.2 Å². The molecule has 5 nitrogen and oxygen atoms in total. The van der Waals surface area contributed by atoms with Gasteiger partial charge in [-0.3, -0.25) is 9.69 Å². The maximum atomic E-state index is 12.5. The SMILES string of the molecule is C[C@H](CNC(=O)[C@@H](C)N1CCn2c(Br)cnc2C1)c1ccccc1. The minimum absolute atomic E-state index is 0.0804. The molecule has 1 amide bonds. The Morgan fingerprint density at radius 3 is 2.79 bits per heavy atom. The van der Waals surface area contributed by atoms with E-state index < -0.39 is 0 Å². The number of nitrogens with one attached hydrogen (secondary N) is 1. The average molecular weight is 391 g/mol. The third kappa shape index (κ3) is 3.70. The maximum Gasteiger partial charge on any atom is 0.237 e. The molecule has 1 aromatic carbocycles. The van der Waals surface area contributed by atoms with E-state index in [2.05, 4.69) is 54.8 Å². The predicted octanol–water partition coefficient (Wildman–Crippen LogP) is 2.77. The molecule has 0 fully saturated rings. The number of hydrogen-bond acceptors (Lipinski definition) is 3. The lowest BCUT2D eigenvalue weighted by molar-refractivity contribution is -0.126. The van der Waals surface area contributed by atoms with Crippen LogP contribution in [-0.4, -0.2) is 39.5 Å². The lowest BCUT2D eigenvalue weighted by atomic mass is 10.0. The fourth-order valence-corrected chi connectivity index (χ4v) is 3.52. The van der Waals surface area contributed by atoms with Crippen molar-refractivity contribution in [3.05, 3.63) is 52.5 Å². The molecule has 24 heavy (non-hydrogen) atoms. The molecule has 0 saturated carbocycles. The van der Waals surface area contributed by atoms with Gasteiger partial charge in [0.25, 0.3) is 0 Å². The number of nitrogens with zero attached hydrogens (tertiary/aromatic N) is 3. The highest BCUT2D eigenvalue weighted by Gasteiger charge is 2.26. The van der Waals surface area contributed by atoms with E-state index in [1.54, 1.807) is 0 Å². The highest BCUT2D eigenvalue weighted by atomic mass is 79.9. The zero-order chi connectivity index (χ0) is 17.1. The molecule has 0 aliphatic carbocycles. The lowest BCUT2D eigenvalue weighted by Gasteiger charge is -2.32. The second kappa shape index (κ2) is 7.49. The summed E-state index contributed by atoms with van der Waals surface area (Å²) in [5.74, 6) is 1.39. The van der Waals surface area contributed by atoms with Crippen LogP contribution < -0.4 is 5.32 Å². The molecular formula is C18H23BrN4O. The van der Waals surface area contributed by atoms with Crippen molar-refractivity contribution in [3.63, 3.8) is 0 Å². The van der Waals surface area contributed by atoms with E-state index in [1.165, 1.54) is 5.56 Å². The van der Waals surface area contributed by atoms with Gasteiger partial charge < -0.3 is 9.88 Å². The van der Waals surface area contributed by atoms with Crippen molar-refractivity contribution < 1.29 is 4.79 Å². The Bertz CT molecular complexity index is 700. The van der Waals surface area contributed by atoms with Crippen LogP contribution in [0.3, 0.4) is 0 Å². The Kier molecular flexibility index (Phi) is 5.36. The standard InChI is InChI=1S/C18H23BrN4O/c1-13(15-6-4-3-5-7-15)10-21-18(24)14(2)22-8-9-23-16(19)11-20-17(23)12-22/h3-7,11,13-14H,8-10,12H2,1-2H3,(H,21,24)/t13-,14-/m1/s1. The zero-order valence-electron chi connectivity index (χ0n) is 14.1. The van der Waals surface area contributed by atoms with Crippen LogP contribution in [0.25, 0.3) is 0 Å². The minimum atomic E-state index is -0.155. The quantitative estimate of drug-likeness (QED) is 0.853. The molecular weight excluding hydrogens is 368 g/mol. The van der Waals surface area contributed by atoms with Crippen LogP contribution in [0.1, 0.15) is 31.2 Å². The lowest BCUT2D eigenvalue weighted by Crippen LogP contribution is -2.48. The van der Waals surface area contributed by atoms with Gasteiger partial charge in [0, 0.05) is 19.6 Å². The number of hydrogen-bond donors (Lipinski definition) is 1. The molecule has 0 unspecified atom stereocenters. The van der Waals surface area contributed by atoms with Crippen molar-refractivity contribution in [3.8, 4) is 0 Å². The van der Waals surface area contributed by atoms with Crippen molar-refractivity contribution in [2.45, 2.75) is 38.9 Å². The van der Waals surface area contributed by atoms with Crippen LogP contribution >= 0.6 is 15.9 Å². The minimum Gasteiger partial charge on any atom is -0.354 e. The highest BCUT2D eigenvalue weighted by Crippen LogP contribution is 2.20. The maximum absolute atomic E-state index is 12.5. The molecule has 1 N–H and O–H groups in total. The Morgan fingerprint density at radius 2 is 2.04 bits per heavy atom. The van der Waals surface area contributed by atoms with Crippen LogP contribution in [-0.2, 0) is 17.9 Å². The normalized spacial score (nSPS) is 17.1. The van der Waals surface area contributed by atoms with Gasteiger partial charge in [-0.05, 0) is 34.3 Å². The number of imidazole rings is 1. The largest absolute Gasteiger partial charge is 0.354 e. The summed E-state index contributed by atoms with van der Waals surface area (Å²) < 4.78 is 3.16. The summed E-state index contributed by atoms with van der Waals surface area (Å²) in [5.41, 5.74) is 1.25. The van der Waals surface area contributed by atoms with E-state index in [4.69, 9.17) is 0 Å². The molecule has 0 saturated heterocycles. The van der Waals surface area contributed by atoms with Gasteiger partial charge in [-0.15, -0.1) is 0 Å². The molecule has 0 spiro atoms. The Morgan fingerprint density at radius 1 is 1.29 bits per heavy atom. The van der Waals surface area contributed by atoms with Crippen molar-refractivity contribution in [1.82, 2.24) is 19.8 Å². The number of carbonyl (C=O) groups excluding carboxylic acids is 1. The van der Waals surface area contributed by atoms with Crippen molar-refractivity contribution >= 4 is 21.8 Å². The van der Waals surface area contributed by atoms with E-state index in [9.17, 15) is 4.79 Å². The number of rotatable bonds is 5. The number of amides is 1. The van der Waals surface area contributed by atoms with Gasteiger partial charge in [-0.1, -0.05) is 37.3 Å². The summed E-state index contributed by atoms with van der Waals surface area (Å²) in [4.78, 5) is 19.1. The number of aromatic nitrogens is 2. The molecule has 1 aromatic heterocycles. The first-order chi connectivity index (χ1) is 11.6. The van der Waals surface area contributed by atoms with Crippen LogP contribution in [0.5, 0.6) is 0 Å². The van der Waals surface area contributed by atoms with Gasteiger partial charge in [0.2, 0.25) is 5.91 Å². The summed E-state index contributed by atoms with van der Waals surface area (Å²) in [6, 6.07) is 10.1. The first-order valence-electron chi connectivity index (χ1n) is 8.33. The number of benzene rings is 1. The van der Waals surface area contributed by atoms with Crippen LogP contribution in [0.2, 0.25) is 0 Å². The summed E-state index contributed by atoms with van der Waals surface area (Å²) >= 11 is 3.50. The molecule has 6 heteroatoms. The highest BCUT2D eigenvalue weighted by molar-refractivity contribution is 9.10. The van der Waals surface area contributed by atoms with Gasteiger partial charge in [-0.25, -0.2) is 4.98 Å². The van der Waals surface area contributed by atoms with Gasteiger partial charge in [-0.2, -0.15) is 0 Å². The third-order valence-corrected chi connectivity index (χ3v) is 5.36. The second-order valence-corrected chi connectivity index (χ2v) is 7.16. The van der Waals surface area contributed by atoms with Crippen LogP contribution in [0.4, 0.5) is 0 Å². The molecule has 2 heterocycles. The molecule has 0 radical (unpaired) electrons. The fraction of sp³-hybridized carbons (Fsp3) is 0.444. The zero-order valence-corrected chi connectivity index (χ0v) is 15.7. The van der Waals surface area contributed by atoms with Crippen molar-refractivity contribution in [2.24, 2.45) is 0 Å². The average Bonchev–Trinajstić information content (AvgIpc) is 3.00. The molecule has 2 atom stereocenters. The fourth-order valence-electron chi connectivity index (χ4n) is 3.04. The molecule has 1 aliphatic rings. The van der Waals surface area contributed by atoms with Gasteiger partial charge >= 0.3 is 0 Å². The van der Waals surface area contributed by atoms with Crippen molar-refractivity contribution in [1.29, 1.82) is 0 Å². The molecule has 0 bridgehead atoms. The molecule has 3 rings (SSSR count). The van der Waals surface area contributed by atoms with Gasteiger partial charge in [0.1, 0.15) is 10.4 Å². The Hall–Kier alpha value is -1.66. The Balaban J connectivity index is 1.54. The van der Waals surface area contributed by atoms with Gasteiger partial charge in [0.05, 0.1) is 18.8 Å². The first-order valence-corrected chi connectivity index (χ1v) is 9.12. The smallest absolute Gasteiger partial charge is 0.237 e. The molecule has 2 aromatic rings. The number of carbonyl (C=O) groups is 1. The molecule has 1 aliphatic heterocycles. The predicted molar refractivity (Wildman–Crippen MR) is 97.7 cm³/mol. The van der Waals surface area contributed by atoms with E-state index in [-0.39, 0.29) is 11.9 Å². The molecule has 128 valence electrons. The monoisotopic (exact) mass is 390 g/mol. The van der Waals surface area contributed by atoms with E-state index >= 15 is 0 Å². The first kappa shape index (κ1) is 17.2. The van der Waals surface area contributed by atoms with Crippen LogP contribution in [0, 0.1) is 0 Å². The van der Waals surface area contributed by atoms with Gasteiger partial charge in [0.15, 0.2) is 0 Å². The number of fused-ring (bicyclic) bond motifs is 1. The van der Waals surface area contributed by atoms with E-state index in [1.807, 2.05) is 31.3 Å².